The third kappa shape index (κ3) is 5.43. The molecule has 0 spiro atoms. The van der Waals surface area contributed by atoms with Gasteiger partial charge < -0.3 is 19.5 Å². The Morgan fingerprint density at radius 2 is 1.73 bits per heavy atom. The summed E-state index contributed by atoms with van der Waals surface area (Å²) in [5.41, 5.74) is 0. The van der Waals surface area contributed by atoms with Crippen LogP contribution in [0.2, 0.25) is 0 Å². The van der Waals surface area contributed by atoms with Crippen molar-refractivity contribution >= 4 is 6.09 Å². The highest BCUT2D eigenvalue weighted by Gasteiger charge is 2.30. The van der Waals surface area contributed by atoms with Crippen LogP contribution in [-0.2, 0) is 14.2 Å². The molecule has 0 heterocycles. The Kier molecular flexibility index (Phi) is 7.46. The monoisotopic (exact) mass is 313 g/mol. The van der Waals surface area contributed by atoms with Crippen molar-refractivity contribution in [1.29, 1.82) is 0 Å². The summed E-state index contributed by atoms with van der Waals surface area (Å²) in [6.07, 6.45) is 10.1. The fraction of sp³-hybridized carbons (Fsp3) is 0.941. The van der Waals surface area contributed by atoms with Gasteiger partial charge in [-0.05, 0) is 44.4 Å². The lowest BCUT2D eigenvalue weighted by atomic mass is 9.83. The van der Waals surface area contributed by atoms with Crippen LogP contribution in [-0.4, -0.2) is 45.2 Å². The summed E-state index contributed by atoms with van der Waals surface area (Å²) in [5, 5.41) is 2.99. The predicted octanol–water partition coefficient (Wildman–Crippen LogP) is 3.27. The molecule has 0 aromatic rings. The Morgan fingerprint density at radius 1 is 1.00 bits per heavy atom. The van der Waals surface area contributed by atoms with Crippen molar-refractivity contribution in [2.75, 3.05) is 20.8 Å². The molecule has 0 aromatic carbocycles. The van der Waals surface area contributed by atoms with Crippen molar-refractivity contribution in [3.63, 3.8) is 0 Å². The number of amides is 1. The van der Waals surface area contributed by atoms with Crippen LogP contribution in [0.4, 0.5) is 4.79 Å². The molecule has 22 heavy (non-hydrogen) atoms. The summed E-state index contributed by atoms with van der Waals surface area (Å²) in [5.74, 6) is 0.554. The first-order chi connectivity index (χ1) is 10.7. The zero-order chi connectivity index (χ0) is 15.8. The van der Waals surface area contributed by atoms with E-state index in [9.17, 15) is 4.79 Å². The zero-order valence-corrected chi connectivity index (χ0v) is 14.0. The van der Waals surface area contributed by atoms with Gasteiger partial charge in [0.1, 0.15) is 0 Å². The van der Waals surface area contributed by atoms with E-state index in [0.29, 0.717) is 18.6 Å². The van der Waals surface area contributed by atoms with Crippen molar-refractivity contribution in [2.45, 2.75) is 76.0 Å². The van der Waals surface area contributed by atoms with E-state index in [1.807, 2.05) is 0 Å². The van der Waals surface area contributed by atoms with Gasteiger partial charge >= 0.3 is 6.09 Å². The molecular formula is C17H31NO4. The second kappa shape index (κ2) is 9.36. The summed E-state index contributed by atoms with van der Waals surface area (Å²) in [6, 6.07) is 0.316. The molecule has 5 nitrogen and oxygen atoms in total. The van der Waals surface area contributed by atoms with Crippen molar-refractivity contribution in [2.24, 2.45) is 5.92 Å². The Bertz CT molecular complexity index is 331. The second-order valence-corrected chi connectivity index (χ2v) is 6.63. The molecule has 0 saturated heterocycles. The van der Waals surface area contributed by atoms with E-state index in [-0.39, 0.29) is 18.3 Å². The summed E-state index contributed by atoms with van der Waals surface area (Å²) < 4.78 is 16.3. The first kappa shape index (κ1) is 17.5. The fourth-order valence-corrected chi connectivity index (χ4v) is 3.74. The van der Waals surface area contributed by atoms with E-state index in [1.165, 1.54) is 19.3 Å². The van der Waals surface area contributed by atoms with E-state index in [1.54, 1.807) is 14.2 Å². The molecule has 1 N–H and O–H groups in total. The van der Waals surface area contributed by atoms with Gasteiger partial charge in [0.25, 0.3) is 0 Å². The van der Waals surface area contributed by atoms with Crippen LogP contribution in [0.1, 0.15) is 57.8 Å². The Balaban J connectivity index is 1.60. The zero-order valence-electron chi connectivity index (χ0n) is 14.0. The van der Waals surface area contributed by atoms with Crippen molar-refractivity contribution in [3.05, 3.63) is 0 Å². The van der Waals surface area contributed by atoms with Crippen molar-refractivity contribution < 1.29 is 19.0 Å². The number of carbonyl (C=O) groups is 1. The molecule has 2 rings (SSSR count). The maximum absolute atomic E-state index is 11.8. The Labute approximate surface area is 134 Å². The molecule has 3 unspecified atom stereocenters. The largest absolute Gasteiger partial charge is 0.450 e. The van der Waals surface area contributed by atoms with Gasteiger partial charge in [-0.2, -0.15) is 0 Å². The van der Waals surface area contributed by atoms with Gasteiger partial charge in [0.15, 0.2) is 0 Å². The number of carbonyl (C=O) groups excluding carboxylic acids is 1. The van der Waals surface area contributed by atoms with Crippen LogP contribution >= 0.6 is 0 Å². The standard InChI is InChI=1S/C17H31NO4/c1-20-15-9-8-13(12-16(15)21-2)10-11-22-17(19)18-14-6-4-3-5-7-14/h13-16H,3-12H2,1-2H3,(H,18,19). The lowest BCUT2D eigenvalue weighted by Gasteiger charge is -2.34. The smallest absolute Gasteiger partial charge is 0.407 e. The van der Waals surface area contributed by atoms with Crippen LogP contribution in [0.3, 0.4) is 0 Å². The van der Waals surface area contributed by atoms with Gasteiger partial charge in [-0.25, -0.2) is 4.79 Å². The first-order valence-electron chi connectivity index (χ1n) is 8.71. The van der Waals surface area contributed by atoms with Crippen LogP contribution in [0, 0.1) is 5.92 Å². The molecule has 0 aliphatic heterocycles. The van der Waals surface area contributed by atoms with Gasteiger partial charge in [-0.1, -0.05) is 19.3 Å². The third-order valence-corrected chi connectivity index (χ3v) is 5.13. The highest BCUT2D eigenvalue weighted by atomic mass is 16.5. The lowest BCUT2D eigenvalue weighted by Crippen LogP contribution is -2.38. The number of hydrogen-bond donors (Lipinski definition) is 1. The second-order valence-electron chi connectivity index (χ2n) is 6.63. The van der Waals surface area contributed by atoms with E-state index in [4.69, 9.17) is 14.2 Å². The quantitative estimate of drug-likeness (QED) is 0.817. The number of hydrogen-bond acceptors (Lipinski definition) is 4. The summed E-state index contributed by atoms with van der Waals surface area (Å²) in [7, 11) is 3.49. The number of ether oxygens (including phenoxy) is 3. The van der Waals surface area contributed by atoms with E-state index in [0.717, 1.165) is 38.5 Å². The summed E-state index contributed by atoms with van der Waals surface area (Å²) in [6.45, 7) is 0.497. The molecule has 3 atom stereocenters. The minimum absolute atomic E-state index is 0.166. The van der Waals surface area contributed by atoms with Crippen LogP contribution in [0.15, 0.2) is 0 Å². The van der Waals surface area contributed by atoms with E-state index < -0.39 is 0 Å². The summed E-state index contributed by atoms with van der Waals surface area (Å²) in [4.78, 5) is 11.8. The highest BCUT2D eigenvalue weighted by molar-refractivity contribution is 5.67. The van der Waals surface area contributed by atoms with Gasteiger partial charge in [0.05, 0.1) is 18.8 Å². The Morgan fingerprint density at radius 3 is 2.41 bits per heavy atom. The van der Waals surface area contributed by atoms with E-state index in [2.05, 4.69) is 5.32 Å². The molecule has 2 aliphatic carbocycles. The molecule has 2 fully saturated rings. The molecule has 0 radical (unpaired) electrons. The number of methoxy groups -OCH3 is 2. The number of nitrogens with one attached hydrogen (secondary N) is 1. The Hall–Kier alpha value is -0.810. The van der Waals surface area contributed by atoms with Crippen LogP contribution < -0.4 is 5.32 Å². The first-order valence-corrected chi connectivity index (χ1v) is 8.71. The lowest BCUT2D eigenvalue weighted by molar-refractivity contribution is -0.0723. The molecule has 0 aromatic heterocycles. The number of rotatable bonds is 6. The molecule has 0 bridgehead atoms. The molecule has 2 saturated carbocycles. The molecule has 128 valence electrons. The third-order valence-electron chi connectivity index (χ3n) is 5.13. The minimum Gasteiger partial charge on any atom is -0.450 e. The molecule has 1 amide bonds. The highest BCUT2D eigenvalue weighted by Crippen LogP contribution is 2.30. The normalized spacial score (nSPS) is 30.0. The van der Waals surface area contributed by atoms with Crippen LogP contribution in [0.5, 0.6) is 0 Å². The van der Waals surface area contributed by atoms with Crippen LogP contribution in [0.25, 0.3) is 0 Å². The average Bonchev–Trinajstić information content (AvgIpc) is 2.55. The minimum atomic E-state index is -0.249. The average molecular weight is 313 g/mol. The SMILES string of the molecule is COC1CCC(CCOC(=O)NC2CCCCC2)CC1OC. The fourth-order valence-electron chi connectivity index (χ4n) is 3.74. The van der Waals surface area contributed by atoms with Gasteiger partial charge in [0.2, 0.25) is 0 Å². The van der Waals surface area contributed by atoms with Gasteiger partial charge in [-0.3, -0.25) is 0 Å². The van der Waals surface area contributed by atoms with Gasteiger partial charge in [0, 0.05) is 20.3 Å². The van der Waals surface area contributed by atoms with Crippen molar-refractivity contribution in [3.8, 4) is 0 Å². The van der Waals surface area contributed by atoms with Crippen molar-refractivity contribution in [1.82, 2.24) is 5.32 Å². The maximum atomic E-state index is 11.8. The van der Waals surface area contributed by atoms with Gasteiger partial charge in [-0.15, -0.1) is 0 Å². The topological polar surface area (TPSA) is 56.8 Å². The summed E-state index contributed by atoms with van der Waals surface area (Å²) >= 11 is 0. The molecule has 5 heteroatoms. The van der Waals surface area contributed by atoms with E-state index >= 15 is 0 Å². The molecule has 2 aliphatic rings. The molecular weight excluding hydrogens is 282 g/mol. The maximum Gasteiger partial charge on any atom is 0.407 e. The predicted molar refractivity (Wildman–Crippen MR) is 84.9 cm³/mol. The number of alkyl carbamates (subject to hydrolysis) is 1.